The number of rotatable bonds is 6. The molecule has 0 radical (unpaired) electrons. The van der Waals surface area contributed by atoms with Gasteiger partial charge in [0.1, 0.15) is 11.3 Å². The van der Waals surface area contributed by atoms with Gasteiger partial charge in [0.05, 0.1) is 23.6 Å². The van der Waals surface area contributed by atoms with Crippen LogP contribution in [0.4, 0.5) is 4.39 Å². The Kier molecular flexibility index (Phi) is 6.06. The summed E-state index contributed by atoms with van der Waals surface area (Å²) in [7, 11) is 0. The van der Waals surface area contributed by atoms with Crippen molar-refractivity contribution in [1.29, 1.82) is 0 Å². The van der Waals surface area contributed by atoms with E-state index >= 15 is 0 Å². The van der Waals surface area contributed by atoms with Crippen LogP contribution in [0.5, 0.6) is 0 Å². The first-order chi connectivity index (χ1) is 15.0. The fourth-order valence-electron chi connectivity index (χ4n) is 4.32. The van der Waals surface area contributed by atoms with Gasteiger partial charge in [0.15, 0.2) is 0 Å². The lowest BCUT2D eigenvalue weighted by molar-refractivity contribution is -0.151. The second-order valence-electron chi connectivity index (χ2n) is 7.86. The molecule has 31 heavy (non-hydrogen) atoms. The largest absolute Gasteiger partial charge is 0.466 e. The van der Waals surface area contributed by atoms with E-state index < -0.39 is 5.82 Å². The van der Waals surface area contributed by atoms with Crippen LogP contribution in [-0.2, 0) is 20.9 Å². The summed E-state index contributed by atoms with van der Waals surface area (Å²) in [6.07, 6.45) is 3.76. The Morgan fingerprint density at radius 1 is 1.13 bits per heavy atom. The average Bonchev–Trinajstić information content (AvgIpc) is 3.26. The Morgan fingerprint density at radius 2 is 1.90 bits per heavy atom. The molecule has 1 aliphatic rings. The van der Waals surface area contributed by atoms with Crippen LogP contribution in [0.25, 0.3) is 16.6 Å². The fraction of sp³-hybridized carbons (Fsp3) is 0.435. The van der Waals surface area contributed by atoms with E-state index in [0.717, 1.165) is 5.52 Å². The highest BCUT2D eigenvalue weighted by Crippen LogP contribution is 2.20. The number of nitrogens with zero attached hydrogens (tertiary/aromatic N) is 3. The predicted octanol–water partition coefficient (Wildman–Crippen LogP) is 2.98. The number of aryl methyl sites for hydroxylation is 1. The Balaban J connectivity index is 1.42. The SMILES string of the molecule is CCOC(=O)C1CCN(C(=O)CCCn2c(=O)c3cccn3c3ccc(F)cc32)CC1. The maximum atomic E-state index is 13.9. The van der Waals surface area contributed by atoms with Crippen molar-refractivity contribution in [3.05, 3.63) is 52.7 Å². The molecule has 8 heteroatoms. The van der Waals surface area contributed by atoms with Gasteiger partial charge < -0.3 is 18.6 Å². The summed E-state index contributed by atoms with van der Waals surface area (Å²) in [4.78, 5) is 39.2. The van der Waals surface area contributed by atoms with Crippen LogP contribution in [0.2, 0.25) is 0 Å². The van der Waals surface area contributed by atoms with Crippen molar-refractivity contribution in [3.63, 3.8) is 0 Å². The highest BCUT2D eigenvalue weighted by atomic mass is 19.1. The number of aromatic nitrogens is 2. The van der Waals surface area contributed by atoms with Crippen molar-refractivity contribution < 1.29 is 18.7 Å². The predicted molar refractivity (Wildman–Crippen MR) is 114 cm³/mol. The van der Waals surface area contributed by atoms with E-state index in [9.17, 15) is 18.8 Å². The molecule has 0 unspecified atom stereocenters. The Labute approximate surface area is 179 Å². The molecule has 0 aliphatic carbocycles. The molecule has 7 nitrogen and oxygen atoms in total. The zero-order valence-corrected chi connectivity index (χ0v) is 17.6. The Bertz CT molecular complexity index is 1170. The van der Waals surface area contributed by atoms with Gasteiger partial charge in [-0.25, -0.2) is 4.39 Å². The molecule has 4 rings (SSSR count). The number of hydrogen-bond acceptors (Lipinski definition) is 4. The van der Waals surface area contributed by atoms with E-state index in [1.54, 1.807) is 45.2 Å². The van der Waals surface area contributed by atoms with Crippen LogP contribution in [0.3, 0.4) is 0 Å². The first-order valence-electron chi connectivity index (χ1n) is 10.7. The molecule has 3 heterocycles. The lowest BCUT2D eigenvalue weighted by atomic mass is 9.97. The third-order valence-corrected chi connectivity index (χ3v) is 5.94. The zero-order valence-electron chi connectivity index (χ0n) is 17.6. The molecule has 2 aromatic heterocycles. The van der Waals surface area contributed by atoms with Crippen molar-refractivity contribution in [2.75, 3.05) is 19.7 Å². The van der Waals surface area contributed by atoms with E-state index in [4.69, 9.17) is 4.74 Å². The van der Waals surface area contributed by atoms with Crippen molar-refractivity contribution in [3.8, 4) is 0 Å². The van der Waals surface area contributed by atoms with Crippen molar-refractivity contribution in [2.24, 2.45) is 5.92 Å². The van der Waals surface area contributed by atoms with Gasteiger partial charge in [-0.2, -0.15) is 0 Å². The van der Waals surface area contributed by atoms with Gasteiger partial charge in [-0.1, -0.05) is 0 Å². The van der Waals surface area contributed by atoms with Gasteiger partial charge in [-0.3, -0.25) is 14.4 Å². The molecule has 1 saturated heterocycles. The van der Waals surface area contributed by atoms with Crippen molar-refractivity contribution in [2.45, 2.75) is 39.2 Å². The number of likely N-dealkylation sites (tertiary alicyclic amines) is 1. The molecule has 1 aliphatic heterocycles. The first kappa shape index (κ1) is 21.1. The van der Waals surface area contributed by atoms with Gasteiger partial charge >= 0.3 is 5.97 Å². The zero-order chi connectivity index (χ0) is 22.0. The first-order valence-corrected chi connectivity index (χ1v) is 10.7. The highest BCUT2D eigenvalue weighted by molar-refractivity contribution is 5.79. The van der Waals surface area contributed by atoms with E-state index in [1.807, 2.05) is 0 Å². The maximum Gasteiger partial charge on any atom is 0.309 e. The Hall–Kier alpha value is -3.16. The summed E-state index contributed by atoms with van der Waals surface area (Å²) in [6, 6.07) is 7.92. The van der Waals surface area contributed by atoms with Gasteiger partial charge in [0.2, 0.25) is 5.91 Å². The normalized spacial score (nSPS) is 15.0. The van der Waals surface area contributed by atoms with Gasteiger partial charge in [0.25, 0.3) is 5.56 Å². The second-order valence-corrected chi connectivity index (χ2v) is 7.86. The second kappa shape index (κ2) is 8.91. The quantitative estimate of drug-likeness (QED) is 0.567. The van der Waals surface area contributed by atoms with Crippen molar-refractivity contribution in [1.82, 2.24) is 13.9 Å². The smallest absolute Gasteiger partial charge is 0.309 e. The molecule has 0 spiro atoms. The molecule has 164 valence electrons. The maximum absolute atomic E-state index is 13.9. The highest BCUT2D eigenvalue weighted by Gasteiger charge is 2.27. The summed E-state index contributed by atoms with van der Waals surface area (Å²) in [5, 5.41) is 0. The van der Waals surface area contributed by atoms with E-state index in [2.05, 4.69) is 0 Å². The molecule has 0 atom stereocenters. The fourth-order valence-corrected chi connectivity index (χ4v) is 4.32. The Morgan fingerprint density at radius 3 is 2.65 bits per heavy atom. The minimum absolute atomic E-state index is 0.00890. The summed E-state index contributed by atoms with van der Waals surface area (Å²) in [6.45, 7) is 3.54. The monoisotopic (exact) mass is 427 g/mol. The minimum Gasteiger partial charge on any atom is -0.466 e. The number of carbonyl (C=O) groups is 2. The molecule has 0 bridgehead atoms. The topological polar surface area (TPSA) is 73.0 Å². The number of carbonyl (C=O) groups excluding carboxylic acids is 2. The van der Waals surface area contributed by atoms with Crippen LogP contribution in [0, 0.1) is 11.7 Å². The van der Waals surface area contributed by atoms with Crippen molar-refractivity contribution >= 4 is 28.4 Å². The van der Waals surface area contributed by atoms with Gasteiger partial charge in [0, 0.05) is 32.3 Å². The summed E-state index contributed by atoms with van der Waals surface area (Å²) >= 11 is 0. The number of benzene rings is 1. The third-order valence-electron chi connectivity index (χ3n) is 5.94. The number of hydrogen-bond donors (Lipinski definition) is 0. The minimum atomic E-state index is -0.410. The summed E-state index contributed by atoms with van der Waals surface area (Å²) in [5.74, 6) is -0.728. The van der Waals surface area contributed by atoms with Crippen LogP contribution in [0.15, 0.2) is 41.3 Å². The summed E-state index contributed by atoms with van der Waals surface area (Å²) < 4.78 is 22.3. The lowest BCUT2D eigenvalue weighted by Gasteiger charge is -2.31. The molecular weight excluding hydrogens is 401 g/mol. The van der Waals surface area contributed by atoms with Crippen LogP contribution in [0.1, 0.15) is 32.6 Å². The number of ether oxygens (including phenoxy) is 1. The van der Waals surface area contributed by atoms with Crippen LogP contribution < -0.4 is 5.56 Å². The molecule has 1 fully saturated rings. The van der Waals surface area contributed by atoms with Gasteiger partial charge in [-0.05, 0) is 56.5 Å². The van der Waals surface area contributed by atoms with E-state index in [-0.39, 0.29) is 23.4 Å². The van der Waals surface area contributed by atoms with E-state index in [1.165, 1.54) is 12.1 Å². The number of halogens is 1. The molecule has 1 aromatic carbocycles. The van der Waals surface area contributed by atoms with E-state index in [0.29, 0.717) is 63.0 Å². The molecule has 0 saturated carbocycles. The summed E-state index contributed by atoms with van der Waals surface area (Å²) in [5.41, 5.74) is 1.57. The van der Waals surface area contributed by atoms with Crippen LogP contribution >= 0.6 is 0 Å². The molecule has 3 aromatic rings. The van der Waals surface area contributed by atoms with Gasteiger partial charge in [-0.15, -0.1) is 0 Å². The number of amides is 1. The molecule has 1 amide bonds. The number of esters is 1. The lowest BCUT2D eigenvalue weighted by Crippen LogP contribution is -2.40. The molecular formula is C23H26FN3O4. The van der Waals surface area contributed by atoms with Crippen LogP contribution in [-0.4, -0.2) is 45.4 Å². The molecule has 0 N–H and O–H groups in total. The number of piperidine rings is 1. The standard InChI is InChI=1S/C23H26FN3O4/c1-2-31-23(30)16-9-13-25(14-10-16)21(28)6-4-12-27-20-15-17(24)7-8-18(20)26-11-3-5-19(26)22(27)29/h3,5,7-8,11,15-16H,2,4,6,9-10,12-14H2,1H3. The average molecular weight is 427 g/mol. The third kappa shape index (κ3) is 4.19. The number of fused-ring (bicyclic) bond motifs is 3.